The Morgan fingerprint density at radius 3 is 1.50 bits per heavy atom. The predicted octanol–water partition coefficient (Wildman–Crippen LogP) is 8.64. The Labute approximate surface area is 195 Å². The molecule has 0 atom stereocenters. The van der Waals surface area contributed by atoms with Crippen LogP contribution in [0.2, 0.25) is 0 Å². The minimum atomic E-state index is -3.17. The molecular weight excluding hydrogens is 446 g/mol. The van der Waals surface area contributed by atoms with E-state index in [1.54, 1.807) is 13.8 Å². The second-order valence-corrected chi connectivity index (χ2v) is 9.03. The zero-order valence-electron chi connectivity index (χ0n) is 18.9. The molecule has 2 rings (SSSR count). The quantitative estimate of drug-likeness (QED) is 0.174. The van der Waals surface area contributed by atoms with Gasteiger partial charge in [0.15, 0.2) is 7.60 Å². The van der Waals surface area contributed by atoms with Crippen LogP contribution in [0.1, 0.15) is 117 Å². The largest absolute Gasteiger partial charge is 4.00 e. The van der Waals surface area contributed by atoms with Gasteiger partial charge in [-0.15, -0.1) is 0 Å². The molecule has 0 aromatic rings. The van der Waals surface area contributed by atoms with E-state index < -0.39 is 7.60 Å². The number of hydrogen-bond acceptors (Lipinski definition) is 3. The minimum Gasteiger partial charge on any atom is -0.374 e. The molecule has 0 aromatic heterocycles. The van der Waals surface area contributed by atoms with Gasteiger partial charge in [-0.2, -0.15) is 6.42 Å². The molecule has 0 bridgehead atoms. The van der Waals surface area contributed by atoms with Gasteiger partial charge in [-0.05, 0) is 13.8 Å². The van der Waals surface area contributed by atoms with Gasteiger partial charge in [0.1, 0.15) is 0 Å². The monoisotopic (exact) mass is 490 g/mol. The summed E-state index contributed by atoms with van der Waals surface area (Å²) in [5.41, 5.74) is 0.948. The molecule has 2 aliphatic carbocycles. The van der Waals surface area contributed by atoms with E-state index >= 15 is 0 Å². The van der Waals surface area contributed by atoms with Crippen molar-refractivity contribution in [3.05, 3.63) is 18.3 Å². The Bertz CT molecular complexity index is 356. The summed E-state index contributed by atoms with van der Waals surface area (Å²) in [6.45, 7) is 10.3. The average molecular weight is 492 g/mol. The molecule has 0 aliphatic heterocycles. The first kappa shape index (κ1) is 31.0. The van der Waals surface area contributed by atoms with Crippen molar-refractivity contribution >= 4 is 7.60 Å². The van der Waals surface area contributed by atoms with Crippen LogP contribution in [-0.4, -0.2) is 13.2 Å². The van der Waals surface area contributed by atoms with E-state index in [2.05, 4.69) is 19.7 Å². The van der Waals surface area contributed by atoms with E-state index in [0.29, 0.717) is 19.6 Å². The smallest absolute Gasteiger partial charge is 0.374 e. The zero-order chi connectivity index (χ0) is 20.2. The van der Waals surface area contributed by atoms with Gasteiger partial charge in [-0.1, -0.05) is 96.8 Å². The molecule has 0 amide bonds. The zero-order valence-corrected chi connectivity index (χ0v) is 22.3. The molecule has 28 heavy (non-hydrogen) atoms. The molecule has 0 spiro atoms. The van der Waals surface area contributed by atoms with Gasteiger partial charge in [0, 0.05) is 0 Å². The Hall–Kier alpha value is 0.773. The van der Waals surface area contributed by atoms with Gasteiger partial charge in [0.05, 0.1) is 13.2 Å². The molecule has 0 heterocycles. The third-order valence-electron chi connectivity index (χ3n) is 4.78. The summed E-state index contributed by atoms with van der Waals surface area (Å²) < 4.78 is 22.6. The first-order chi connectivity index (χ1) is 13.1. The summed E-state index contributed by atoms with van der Waals surface area (Å²) in [7, 11) is -3.17. The number of unbranched alkanes of at least 4 members (excludes halogenated alkanes) is 2. The Morgan fingerprint density at radius 1 is 0.821 bits per heavy atom. The van der Waals surface area contributed by atoms with Crippen molar-refractivity contribution in [1.29, 1.82) is 0 Å². The third-order valence-corrected chi connectivity index (χ3v) is 6.56. The molecule has 5 heteroatoms. The fourth-order valence-electron chi connectivity index (χ4n) is 3.23. The van der Waals surface area contributed by atoms with Crippen molar-refractivity contribution in [1.82, 2.24) is 0 Å². The molecule has 3 nitrogen and oxygen atoms in total. The first-order valence-corrected chi connectivity index (χ1v) is 13.0. The van der Waals surface area contributed by atoms with Gasteiger partial charge in [-0.3, -0.25) is 10.1 Å². The van der Waals surface area contributed by atoms with E-state index in [-0.39, 0.29) is 26.2 Å². The summed E-state index contributed by atoms with van der Waals surface area (Å²) >= 11 is 0. The average Bonchev–Trinajstić information content (AvgIpc) is 3.39. The molecule has 0 N–H and O–H groups in total. The number of hydrogen-bond donors (Lipinski definition) is 0. The number of rotatable bonds is 10. The van der Waals surface area contributed by atoms with Crippen LogP contribution in [0.3, 0.4) is 0 Å². The van der Waals surface area contributed by atoms with Crippen LogP contribution in [0.15, 0.2) is 5.57 Å². The van der Waals surface area contributed by atoms with Gasteiger partial charge in [-0.25, -0.2) is 0 Å². The van der Waals surface area contributed by atoms with Crippen LogP contribution in [0.5, 0.6) is 0 Å². The van der Waals surface area contributed by atoms with Gasteiger partial charge in [0.25, 0.3) is 0 Å². The van der Waals surface area contributed by atoms with Crippen molar-refractivity contribution in [2.24, 2.45) is 0 Å². The van der Waals surface area contributed by atoms with Crippen LogP contribution in [0.4, 0.5) is 0 Å². The molecule has 2 fully saturated rings. The summed E-state index contributed by atoms with van der Waals surface area (Å²) in [4.78, 5) is 0. The maximum atomic E-state index is 12.2. The molecular formula is C23H45O3PZr+2. The fraction of sp³-hybridized carbons (Fsp3) is 0.870. The summed E-state index contributed by atoms with van der Waals surface area (Å²) in [5, 5.41) is 0. The summed E-state index contributed by atoms with van der Waals surface area (Å²) in [6.07, 6.45) is 19.9. The predicted molar refractivity (Wildman–Crippen MR) is 118 cm³/mol. The first-order valence-electron chi connectivity index (χ1n) is 11.4. The van der Waals surface area contributed by atoms with Crippen LogP contribution in [-0.2, 0) is 39.8 Å². The molecule has 0 unspecified atom stereocenters. The second kappa shape index (κ2) is 22.5. The topological polar surface area (TPSA) is 35.5 Å². The summed E-state index contributed by atoms with van der Waals surface area (Å²) in [5.74, 6) is 2.91. The Kier molecular flexibility index (Phi) is 24.8. The standard InChI is InChI=1S/C13H25O3P.2C5H10.Zr/c1-5-9-10-11-13(6-2)12-17(14,15-7-3)16-8-4;2*1-2-4-5-3-1;/h2,5-11H2,1,3-4H3;2*1-5H2;/q-2;;;+4. The SMILES string of the molecule is C1CCCC1.C1CCCC1.[CH2-]CC(=[C-]P(=O)(OCC)OCC)CCCCC.[Zr+4]. The molecule has 2 aliphatic rings. The van der Waals surface area contributed by atoms with E-state index in [9.17, 15) is 4.57 Å². The van der Waals surface area contributed by atoms with Crippen LogP contribution in [0, 0.1) is 12.7 Å². The van der Waals surface area contributed by atoms with E-state index in [0.717, 1.165) is 18.4 Å². The molecule has 2 saturated carbocycles. The molecule has 0 saturated heterocycles. The summed E-state index contributed by atoms with van der Waals surface area (Å²) in [6, 6.07) is 0. The van der Waals surface area contributed by atoms with Crippen LogP contribution >= 0.6 is 7.60 Å². The minimum absolute atomic E-state index is 0. The van der Waals surface area contributed by atoms with Crippen LogP contribution < -0.4 is 0 Å². The fourth-order valence-corrected chi connectivity index (χ4v) is 4.72. The van der Waals surface area contributed by atoms with Crippen molar-refractivity contribution in [3.63, 3.8) is 0 Å². The Morgan fingerprint density at radius 2 is 1.21 bits per heavy atom. The normalized spacial score (nSPS) is 16.5. The molecule has 0 aromatic carbocycles. The second-order valence-electron chi connectivity index (χ2n) is 7.29. The Balaban J connectivity index is 0. The van der Waals surface area contributed by atoms with Crippen molar-refractivity contribution in [3.8, 4) is 0 Å². The van der Waals surface area contributed by atoms with Gasteiger partial charge < -0.3 is 21.8 Å². The van der Waals surface area contributed by atoms with Crippen molar-refractivity contribution in [2.45, 2.75) is 117 Å². The number of allylic oxidation sites excluding steroid dienone is 1. The van der Waals surface area contributed by atoms with E-state index in [1.165, 1.54) is 77.0 Å². The maximum Gasteiger partial charge on any atom is 4.00 e. The van der Waals surface area contributed by atoms with Gasteiger partial charge >= 0.3 is 26.2 Å². The third kappa shape index (κ3) is 18.8. The van der Waals surface area contributed by atoms with E-state index in [4.69, 9.17) is 9.05 Å². The van der Waals surface area contributed by atoms with Crippen LogP contribution in [0.25, 0.3) is 0 Å². The van der Waals surface area contributed by atoms with E-state index in [1.807, 2.05) is 0 Å². The molecule has 162 valence electrons. The van der Waals surface area contributed by atoms with Crippen molar-refractivity contribution in [2.75, 3.05) is 13.2 Å². The maximum absolute atomic E-state index is 12.2. The van der Waals surface area contributed by atoms with Crippen molar-refractivity contribution < 1.29 is 39.8 Å². The molecule has 0 radical (unpaired) electrons. The van der Waals surface area contributed by atoms with Gasteiger partial charge in [0.2, 0.25) is 0 Å².